The van der Waals surface area contributed by atoms with E-state index in [1.807, 2.05) is 13.8 Å². The number of allylic oxidation sites excluding steroid dienone is 1. The third-order valence-electron chi connectivity index (χ3n) is 4.12. The molecule has 0 aromatic heterocycles. The molecule has 1 amide bonds. The molecule has 21 heavy (non-hydrogen) atoms. The smallest absolute Gasteiger partial charge is 0.356 e. The maximum absolute atomic E-state index is 12.1. The molecule has 1 saturated heterocycles. The van der Waals surface area contributed by atoms with Gasteiger partial charge in [0, 0.05) is 5.41 Å². The molecule has 2 aliphatic heterocycles. The monoisotopic (exact) mass is 298 g/mol. The minimum Gasteiger partial charge on any atom is -0.476 e. The van der Waals surface area contributed by atoms with Crippen molar-refractivity contribution in [2.24, 2.45) is 17.1 Å². The molecule has 2 aliphatic rings. The van der Waals surface area contributed by atoms with E-state index in [0.29, 0.717) is 18.7 Å². The second-order valence-corrected chi connectivity index (χ2v) is 6.24. The van der Waals surface area contributed by atoms with Gasteiger partial charge in [-0.25, -0.2) is 4.79 Å². The Kier molecular flexibility index (Phi) is 3.99. The minimum atomic E-state index is -1.19. The van der Waals surface area contributed by atoms with Gasteiger partial charge in [0.15, 0.2) is 11.9 Å². The highest BCUT2D eigenvalue weighted by Crippen LogP contribution is 2.48. The Morgan fingerprint density at radius 1 is 1.52 bits per heavy atom. The molecule has 0 aromatic carbocycles. The van der Waals surface area contributed by atoms with Crippen molar-refractivity contribution in [2.45, 2.75) is 45.9 Å². The quantitative estimate of drug-likeness (QED) is 0.606. The van der Waals surface area contributed by atoms with Crippen molar-refractivity contribution >= 4 is 11.9 Å². The highest BCUT2D eigenvalue weighted by Gasteiger charge is 2.60. The van der Waals surface area contributed by atoms with Gasteiger partial charge in [0.1, 0.15) is 11.7 Å². The third kappa shape index (κ3) is 2.40. The molecule has 3 atom stereocenters. The summed E-state index contributed by atoms with van der Waals surface area (Å²) in [5, 5.41) is 19.1. The van der Waals surface area contributed by atoms with Gasteiger partial charge in [0.2, 0.25) is 5.91 Å². The number of aliphatic hydroxyl groups excluding tert-OH is 1. The number of β-lactam (4-membered cyclic amide) rings is 1. The third-order valence-corrected chi connectivity index (χ3v) is 4.12. The molecule has 1 fully saturated rings. The van der Waals surface area contributed by atoms with Gasteiger partial charge in [0.05, 0.1) is 6.10 Å². The highest BCUT2D eigenvalue weighted by molar-refractivity contribution is 5.98. The SMILES string of the molecule is C[C@H](O)[C@H]1C(=O)N2C(C(=O)O)=C(C(C)(C)CCCN)O[C@H]12. The Balaban J connectivity index is 2.33. The van der Waals surface area contributed by atoms with Crippen LogP contribution in [0.25, 0.3) is 0 Å². The fourth-order valence-electron chi connectivity index (χ4n) is 2.92. The standard InChI is InChI=1S/C14H22N2O5/c1-7(17)8-11(18)16-9(13(19)20)10(21-12(8)16)14(2,3)5-4-6-15/h7-8,12,17H,4-6,15H2,1-3H3,(H,19,20)/t7-,8-,12+/m0/s1. The summed E-state index contributed by atoms with van der Waals surface area (Å²) in [5.74, 6) is -2.00. The zero-order chi connectivity index (χ0) is 15.9. The van der Waals surface area contributed by atoms with Crippen LogP contribution in [0.15, 0.2) is 11.5 Å². The molecule has 0 aromatic rings. The van der Waals surface area contributed by atoms with Crippen LogP contribution in [0.4, 0.5) is 0 Å². The number of carboxylic acids is 1. The van der Waals surface area contributed by atoms with Crippen LogP contribution < -0.4 is 5.73 Å². The summed E-state index contributed by atoms with van der Waals surface area (Å²) >= 11 is 0. The molecule has 0 bridgehead atoms. The van der Waals surface area contributed by atoms with Gasteiger partial charge in [-0.15, -0.1) is 0 Å². The van der Waals surface area contributed by atoms with E-state index in [1.165, 1.54) is 6.92 Å². The zero-order valence-electron chi connectivity index (χ0n) is 12.5. The van der Waals surface area contributed by atoms with Crippen molar-refractivity contribution in [1.82, 2.24) is 4.90 Å². The molecule has 4 N–H and O–H groups in total. The van der Waals surface area contributed by atoms with Crippen LogP contribution in [0.2, 0.25) is 0 Å². The average Bonchev–Trinajstić information content (AvgIpc) is 2.71. The number of fused-ring (bicyclic) bond motifs is 1. The lowest BCUT2D eigenvalue weighted by Crippen LogP contribution is -2.62. The number of ether oxygens (including phenoxy) is 1. The molecule has 0 spiro atoms. The lowest BCUT2D eigenvalue weighted by atomic mass is 9.84. The number of carbonyl (C=O) groups excluding carboxylic acids is 1. The van der Waals surface area contributed by atoms with Crippen molar-refractivity contribution in [3.8, 4) is 0 Å². The van der Waals surface area contributed by atoms with Crippen molar-refractivity contribution in [1.29, 1.82) is 0 Å². The van der Waals surface area contributed by atoms with Crippen molar-refractivity contribution in [3.05, 3.63) is 11.5 Å². The maximum atomic E-state index is 12.1. The van der Waals surface area contributed by atoms with Crippen LogP contribution >= 0.6 is 0 Å². The number of hydrogen-bond acceptors (Lipinski definition) is 5. The van der Waals surface area contributed by atoms with E-state index >= 15 is 0 Å². The molecule has 2 rings (SSSR count). The van der Waals surface area contributed by atoms with E-state index < -0.39 is 35.5 Å². The Morgan fingerprint density at radius 2 is 2.14 bits per heavy atom. The molecule has 7 heteroatoms. The number of nitrogens with zero attached hydrogens (tertiary/aromatic N) is 1. The molecular weight excluding hydrogens is 276 g/mol. The summed E-state index contributed by atoms with van der Waals surface area (Å²) < 4.78 is 5.74. The van der Waals surface area contributed by atoms with Gasteiger partial charge in [-0.3, -0.25) is 9.69 Å². The van der Waals surface area contributed by atoms with Crippen LogP contribution in [0.5, 0.6) is 0 Å². The molecule has 2 heterocycles. The van der Waals surface area contributed by atoms with Crippen molar-refractivity contribution < 1.29 is 24.5 Å². The van der Waals surface area contributed by atoms with Gasteiger partial charge < -0.3 is 20.7 Å². The molecular formula is C14H22N2O5. The molecule has 7 nitrogen and oxygen atoms in total. The summed E-state index contributed by atoms with van der Waals surface area (Å²) in [6, 6.07) is 0. The lowest BCUT2D eigenvalue weighted by molar-refractivity contribution is -0.183. The van der Waals surface area contributed by atoms with E-state index in [0.717, 1.165) is 11.3 Å². The van der Waals surface area contributed by atoms with Gasteiger partial charge in [-0.1, -0.05) is 13.8 Å². The van der Waals surface area contributed by atoms with E-state index in [4.69, 9.17) is 10.5 Å². The van der Waals surface area contributed by atoms with Crippen LogP contribution in [0.3, 0.4) is 0 Å². The molecule has 0 saturated carbocycles. The second kappa shape index (κ2) is 5.31. The van der Waals surface area contributed by atoms with Gasteiger partial charge in [-0.05, 0) is 26.3 Å². The molecule has 0 radical (unpaired) electrons. The van der Waals surface area contributed by atoms with Crippen molar-refractivity contribution in [3.63, 3.8) is 0 Å². The van der Waals surface area contributed by atoms with E-state index in [-0.39, 0.29) is 5.70 Å². The number of carboxylic acid groups (broad SMARTS) is 1. The number of nitrogens with two attached hydrogens (primary N) is 1. The van der Waals surface area contributed by atoms with E-state index in [1.54, 1.807) is 0 Å². The predicted molar refractivity (Wildman–Crippen MR) is 73.6 cm³/mol. The summed E-state index contributed by atoms with van der Waals surface area (Å²) in [4.78, 5) is 24.7. The number of aliphatic carboxylic acids is 1. The molecule has 0 unspecified atom stereocenters. The normalized spacial score (nSPS) is 26.3. The van der Waals surface area contributed by atoms with Gasteiger partial charge in [0.25, 0.3) is 0 Å². The number of aliphatic hydroxyl groups is 1. The van der Waals surface area contributed by atoms with Crippen molar-refractivity contribution in [2.75, 3.05) is 6.54 Å². The Morgan fingerprint density at radius 3 is 2.62 bits per heavy atom. The first-order chi connectivity index (χ1) is 9.72. The summed E-state index contributed by atoms with van der Waals surface area (Å²) in [6.07, 6.45) is -0.203. The number of carbonyl (C=O) groups is 2. The number of hydrogen-bond donors (Lipinski definition) is 3. The van der Waals surface area contributed by atoms with E-state index in [9.17, 15) is 19.8 Å². The Bertz CT molecular complexity index is 498. The molecule has 0 aliphatic carbocycles. The summed E-state index contributed by atoms with van der Waals surface area (Å²) in [5.41, 5.74) is 4.87. The minimum absolute atomic E-state index is 0.107. The summed E-state index contributed by atoms with van der Waals surface area (Å²) in [7, 11) is 0. The van der Waals surface area contributed by atoms with Gasteiger partial charge >= 0.3 is 5.97 Å². The van der Waals surface area contributed by atoms with E-state index in [2.05, 4.69) is 0 Å². The first-order valence-corrected chi connectivity index (χ1v) is 7.08. The second-order valence-electron chi connectivity index (χ2n) is 6.24. The Hall–Kier alpha value is -1.60. The largest absolute Gasteiger partial charge is 0.476 e. The average molecular weight is 298 g/mol. The Labute approximate surface area is 123 Å². The number of rotatable bonds is 6. The highest BCUT2D eigenvalue weighted by atomic mass is 16.5. The zero-order valence-corrected chi connectivity index (χ0v) is 12.5. The first-order valence-electron chi connectivity index (χ1n) is 7.08. The fourth-order valence-corrected chi connectivity index (χ4v) is 2.92. The van der Waals surface area contributed by atoms with Crippen LogP contribution in [-0.4, -0.2) is 45.9 Å². The summed E-state index contributed by atoms with van der Waals surface area (Å²) in [6.45, 7) is 5.74. The fraction of sp³-hybridized carbons (Fsp3) is 0.714. The molecule has 118 valence electrons. The van der Waals surface area contributed by atoms with Gasteiger partial charge in [-0.2, -0.15) is 0 Å². The predicted octanol–water partition coefficient (Wildman–Crippen LogP) is 0.243. The lowest BCUT2D eigenvalue weighted by Gasteiger charge is -2.42. The maximum Gasteiger partial charge on any atom is 0.356 e. The first kappa shape index (κ1) is 15.8. The van der Waals surface area contributed by atoms with Crippen LogP contribution in [-0.2, 0) is 14.3 Å². The number of amides is 1. The topological polar surface area (TPSA) is 113 Å². The van der Waals surface area contributed by atoms with Crippen LogP contribution in [0, 0.1) is 11.3 Å². The van der Waals surface area contributed by atoms with Crippen LogP contribution in [0.1, 0.15) is 33.6 Å².